The molecule has 0 saturated heterocycles. The molecule has 0 atom stereocenters. The monoisotopic (exact) mass is 506 g/mol. The van der Waals surface area contributed by atoms with Gasteiger partial charge in [0, 0.05) is 28.0 Å². The number of nitrogens with one attached hydrogen (secondary N) is 2. The molecule has 1 amide bonds. The minimum Gasteiger partial charge on any atom is -0.483 e. The molecule has 0 spiro atoms. The summed E-state index contributed by atoms with van der Waals surface area (Å²) >= 11 is 15.8. The summed E-state index contributed by atoms with van der Waals surface area (Å²) in [6.45, 7) is 4.40. The Bertz CT molecular complexity index is 1070. The summed E-state index contributed by atoms with van der Waals surface area (Å²) in [7, 11) is 0. The molecule has 0 bridgehead atoms. The number of aryl methyl sites for hydroxylation is 2. The second-order valence-electron chi connectivity index (χ2n) is 6.88. The summed E-state index contributed by atoms with van der Waals surface area (Å²) < 4.78 is 6.41. The first-order valence-electron chi connectivity index (χ1n) is 9.29. The van der Waals surface area contributed by atoms with E-state index in [-0.39, 0.29) is 12.5 Å². The number of carbonyl (C=O) groups is 1. The van der Waals surface area contributed by atoms with Gasteiger partial charge in [-0.25, -0.2) is 0 Å². The molecule has 0 heterocycles. The van der Waals surface area contributed by atoms with Gasteiger partial charge in [-0.2, -0.15) is 0 Å². The van der Waals surface area contributed by atoms with Crippen LogP contribution in [-0.2, 0) is 11.3 Å². The van der Waals surface area contributed by atoms with Crippen LogP contribution >= 0.6 is 39.1 Å². The number of anilines is 2. The number of carbonyl (C=O) groups excluding carboxylic acids is 1. The van der Waals surface area contributed by atoms with E-state index < -0.39 is 0 Å². The standard InChI is InChI=1S/C23H21BrCl2N2O2/c1-14-3-6-17(10-20(14)25)27-12-16-5-8-22(19(24)9-16)30-13-23(29)28-18-7-4-15(2)21(26)11-18/h3-11,27H,12-13H2,1-2H3,(H,28,29). The maximum atomic E-state index is 12.2. The van der Waals surface area contributed by atoms with Crippen LogP contribution in [0.3, 0.4) is 0 Å². The lowest BCUT2D eigenvalue weighted by Crippen LogP contribution is -2.20. The average Bonchev–Trinajstić information content (AvgIpc) is 2.71. The van der Waals surface area contributed by atoms with Gasteiger partial charge in [-0.1, -0.05) is 41.4 Å². The first-order valence-corrected chi connectivity index (χ1v) is 10.8. The highest BCUT2D eigenvalue weighted by Gasteiger charge is 2.08. The molecular formula is C23H21BrCl2N2O2. The Hall–Kier alpha value is -2.21. The minimum atomic E-state index is -0.260. The lowest BCUT2D eigenvalue weighted by Gasteiger charge is -2.12. The van der Waals surface area contributed by atoms with Crippen molar-refractivity contribution in [2.75, 3.05) is 17.2 Å². The third-order valence-corrected chi connectivity index (χ3v) is 5.91. The quantitative estimate of drug-likeness (QED) is 0.362. The number of hydrogen-bond donors (Lipinski definition) is 2. The molecule has 0 unspecified atom stereocenters. The first-order chi connectivity index (χ1) is 14.3. The maximum Gasteiger partial charge on any atom is 0.262 e. The molecule has 30 heavy (non-hydrogen) atoms. The molecule has 3 aromatic carbocycles. The van der Waals surface area contributed by atoms with Gasteiger partial charge in [0.25, 0.3) is 5.91 Å². The van der Waals surface area contributed by atoms with Crippen LogP contribution in [0.25, 0.3) is 0 Å². The predicted octanol–water partition coefficient (Wildman–Crippen LogP) is 7.00. The van der Waals surface area contributed by atoms with Gasteiger partial charge in [0.2, 0.25) is 0 Å². The average molecular weight is 508 g/mol. The molecule has 4 nitrogen and oxygen atoms in total. The van der Waals surface area contributed by atoms with Crippen molar-refractivity contribution >= 4 is 56.4 Å². The fraction of sp³-hybridized carbons (Fsp3) is 0.174. The van der Waals surface area contributed by atoms with Crippen LogP contribution in [0.15, 0.2) is 59.1 Å². The van der Waals surface area contributed by atoms with Crippen LogP contribution in [0, 0.1) is 13.8 Å². The summed E-state index contributed by atoms with van der Waals surface area (Å²) in [5.41, 5.74) is 4.64. The second-order valence-corrected chi connectivity index (χ2v) is 8.55. The Labute approximate surface area is 194 Å². The maximum absolute atomic E-state index is 12.2. The Morgan fingerprint density at radius 1 is 0.933 bits per heavy atom. The number of hydrogen-bond acceptors (Lipinski definition) is 3. The first kappa shape index (κ1) is 22.5. The van der Waals surface area contributed by atoms with Gasteiger partial charge < -0.3 is 15.4 Å². The number of amides is 1. The number of benzene rings is 3. The van der Waals surface area contributed by atoms with E-state index in [2.05, 4.69) is 26.6 Å². The Balaban J connectivity index is 1.53. The third-order valence-electron chi connectivity index (χ3n) is 4.48. The molecular weight excluding hydrogens is 487 g/mol. The normalized spacial score (nSPS) is 10.6. The van der Waals surface area contributed by atoms with Crippen molar-refractivity contribution in [3.05, 3.63) is 85.8 Å². The number of ether oxygens (including phenoxy) is 1. The predicted molar refractivity (Wildman–Crippen MR) is 128 cm³/mol. The van der Waals surface area contributed by atoms with Crippen LogP contribution in [0.2, 0.25) is 10.0 Å². The fourth-order valence-corrected chi connectivity index (χ4v) is 3.59. The smallest absolute Gasteiger partial charge is 0.262 e. The highest BCUT2D eigenvalue weighted by Crippen LogP contribution is 2.27. The minimum absolute atomic E-state index is 0.108. The van der Waals surface area contributed by atoms with Crippen molar-refractivity contribution in [3.8, 4) is 5.75 Å². The summed E-state index contributed by atoms with van der Waals surface area (Å²) in [5, 5.41) is 7.45. The Morgan fingerprint density at radius 2 is 1.57 bits per heavy atom. The lowest BCUT2D eigenvalue weighted by molar-refractivity contribution is -0.118. The topological polar surface area (TPSA) is 50.4 Å². The zero-order chi connectivity index (χ0) is 21.7. The second kappa shape index (κ2) is 10.2. The van der Waals surface area contributed by atoms with Gasteiger partial charge in [0.15, 0.2) is 6.61 Å². The van der Waals surface area contributed by atoms with Gasteiger partial charge in [-0.05, 0) is 82.9 Å². The molecule has 3 aromatic rings. The molecule has 0 saturated carbocycles. The van der Waals surface area contributed by atoms with Crippen molar-refractivity contribution in [1.29, 1.82) is 0 Å². The van der Waals surface area contributed by atoms with Crippen molar-refractivity contribution in [2.45, 2.75) is 20.4 Å². The van der Waals surface area contributed by atoms with Crippen molar-refractivity contribution in [2.24, 2.45) is 0 Å². The summed E-state index contributed by atoms with van der Waals surface area (Å²) in [6.07, 6.45) is 0. The highest BCUT2D eigenvalue weighted by molar-refractivity contribution is 9.10. The van der Waals surface area contributed by atoms with E-state index in [1.54, 1.807) is 12.1 Å². The zero-order valence-corrected chi connectivity index (χ0v) is 19.7. The van der Waals surface area contributed by atoms with Gasteiger partial charge in [0.05, 0.1) is 4.47 Å². The van der Waals surface area contributed by atoms with Crippen LogP contribution < -0.4 is 15.4 Å². The number of halogens is 3. The molecule has 0 aromatic heterocycles. The largest absolute Gasteiger partial charge is 0.483 e. The van der Waals surface area contributed by atoms with Crippen LogP contribution in [0.1, 0.15) is 16.7 Å². The van der Waals surface area contributed by atoms with Gasteiger partial charge in [-0.15, -0.1) is 0 Å². The van der Waals surface area contributed by atoms with E-state index in [1.807, 2.05) is 56.3 Å². The van der Waals surface area contributed by atoms with Crippen molar-refractivity contribution in [1.82, 2.24) is 0 Å². The van der Waals surface area contributed by atoms with E-state index >= 15 is 0 Å². The van der Waals surface area contributed by atoms with Gasteiger partial charge in [-0.3, -0.25) is 4.79 Å². The third kappa shape index (κ3) is 6.14. The molecule has 0 fully saturated rings. The van der Waals surface area contributed by atoms with E-state index in [4.69, 9.17) is 27.9 Å². The van der Waals surface area contributed by atoms with E-state index in [0.717, 1.165) is 31.9 Å². The number of rotatable bonds is 7. The molecule has 0 radical (unpaired) electrons. The summed E-state index contributed by atoms with van der Waals surface area (Å²) in [4.78, 5) is 12.2. The fourth-order valence-electron chi connectivity index (χ4n) is 2.69. The van der Waals surface area contributed by atoms with Crippen molar-refractivity contribution < 1.29 is 9.53 Å². The Morgan fingerprint density at radius 3 is 2.20 bits per heavy atom. The lowest BCUT2D eigenvalue weighted by atomic mass is 10.2. The van der Waals surface area contributed by atoms with Crippen LogP contribution in [-0.4, -0.2) is 12.5 Å². The zero-order valence-electron chi connectivity index (χ0n) is 16.6. The van der Waals surface area contributed by atoms with E-state index in [0.29, 0.717) is 23.0 Å². The van der Waals surface area contributed by atoms with Crippen LogP contribution in [0.4, 0.5) is 11.4 Å². The molecule has 3 rings (SSSR count). The van der Waals surface area contributed by atoms with E-state index in [1.165, 1.54) is 0 Å². The van der Waals surface area contributed by atoms with E-state index in [9.17, 15) is 4.79 Å². The van der Waals surface area contributed by atoms with Gasteiger partial charge >= 0.3 is 0 Å². The molecule has 0 aliphatic heterocycles. The van der Waals surface area contributed by atoms with Gasteiger partial charge in [0.1, 0.15) is 5.75 Å². The van der Waals surface area contributed by atoms with Crippen LogP contribution in [0.5, 0.6) is 5.75 Å². The molecule has 7 heteroatoms. The molecule has 2 N–H and O–H groups in total. The molecule has 0 aliphatic carbocycles. The SMILES string of the molecule is Cc1ccc(NCc2ccc(OCC(=O)Nc3ccc(C)c(Cl)c3)c(Br)c2)cc1Cl. The molecule has 156 valence electrons. The molecule has 0 aliphatic rings. The Kier molecular flexibility index (Phi) is 7.64. The highest BCUT2D eigenvalue weighted by atomic mass is 79.9. The summed E-state index contributed by atoms with van der Waals surface area (Å²) in [5.74, 6) is 0.332. The summed E-state index contributed by atoms with van der Waals surface area (Å²) in [6, 6.07) is 17.0. The van der Waals surface area contributed by atoms with Crippen molar-refractivity contribution in [3.63, 3.8) is 0 Å².